The van der Waals surface area contributed by atoms with Crippen LogP contribution < -0.4 is 5.32 Å². The van der Waals surface area contributed by atoms with Crippen molar-refractivity contribution in [3.8, 4) is 5.75 Å². The number of amides is 3. The van der Waals surface area contributed by atoms with E-state index in [1.165, 1.54) is 17.2 Å². The molecule has 1 aromatic heterocycles. The molecular weight excluding hydrogens is 394 g/mol. The predicted octanol–water partition coefficient (Wildman–Crippen LogP) is 3.05. The van der Waals surface area contributed by atoms with Crippen LogP contribution in [0.1, 0.15) is 30.9 Å². The standard InChI is InChI=1S/C24H23N3O4/c28-18-7-4-12-25-22(18)26-19(29)13-17(14-5-2-1-3-6-14)27-23(30)20-15-8-9-16(11-10-15)21(20)24(27)31/h1-9,12,15-17,20-21,28H,10-11,13H2,(H,25,26,29)/t15-,16-,17+,20-,21+/m0/s1. The number of carbonyl (C=O) groups excluding carboxylic acids is 3. The minimum atomic E-state index is -0.711. The molecule has 5 atom stereocenters. The summed E-state index contributed by atoms with van der Waals surface area (Å²) in [7, 11) is 0. The molecule has 6 rings (SSSR count). The average molecular weight is 417 g/mol. The SMILES string of the molecule is O=C(C[C@H](c1ccccc1)N1C(=O)[C@@H]2[C@H](C1=O)[C@H]1C=C[C@H]2CC1)Nc1ncccc1O. The Morgan fingerprint density at radius 1 is 1.03 bits per heavy atom. The number of nitrogens with zero attached hydrogens (tertiary/aromatic N) is 2. The van der Waals surface area contributed by atoms with Gasteiger partial charge in [0.25, 0.3) is 0 Å². The summed E-state index contributed by atoms with van der Waals surface area (Å²) in [5.74, 6) is -1.37. The molecule has 31 heavy (non-hydrogen) atoms. The third kappa shape index (κ3) is 3.30. The van der Waals surface area contributed by atoms with E-state index in [1.54, 1.807) is 6.07 Å². The van der Waals surface area contributed by atoms with Crippen LogP contribution in [0.2, 0.25) is 0 Å². The lowest BCUT2D eigenvalue weighted by molar-refractivity contribution is -0.143. The van der Waals surface area contributed by atoms with Crippen LogP contribution in [-0.2, 0) is 14.4 Å². The molecular formula is C24H23N3O4. The van der Waals surface area contributed by atoms with Gasteiger partial charge in [-0.05, 0) is 42.4 Å². The lowest BCUT2D eigenvalue weighted by Gasteiger charge is -2.38. The van der Waals surface area contributed by atoms with E-state index in [9.17, 15) is 19.5 Å². The van der Waals surface area contributed by atoms with Gasteiger partial charge in [0.15, 0.2) is 11.6 Å². The van der Waals surface area contributed by atoms with Gasteiger partial charge in [-0.25, -0.2) is 4.98 Å². The Morgan fingerprint density at radius 3 is 2.26 bits per heavy atom. The number of hydrogen-bond acceptors (Lipinski definition) is 5. The van der Waals surface area contributed by atoms with Gasteiger partial charge in [-0.1, -0.05) is 42.5 Å². The monoisotopic (exact) mass is 417 g/mol. The first-order valence-corrected chi connectivity index (χ1v) is 10.6. The largest absolute Gasteiger partial charge is 0.504 e. The van der Waals surface area contributed by atoms with E-state index >= 15 is 0 Å². The second kappa shape index (κ2) is 7.65. The molecule has 1 aliphatic heterocycles. The quantitative estimate of drug-likeness (QED) is 0.575. The highest BCUT2D eigenvalue weighted by atomic mass is 16.3. The lowest BCUT2D eigenvalue weighted by Crippen LogP contribution is -2.38. The fraction of sp³-hybridized carbons (Fsp3) is 0.333. The molecule has 7 nitrogen and oxygen atoms in total. The number of nitrogens with one attached hydrogen (secondary N) is 1. The second-order valence-electron chi connectivity index (χ2n) is 8.44. The third-order valence-corrected chi connectivity index (χ3v) is 6.71. The number of pyridine rings is 1. The molecule has 2 heterocycles. The molecule has 0 unspecified atom stereocenters. The topological polar surface area (TPSA) is 99.6 Å². The summed E-state index contributed by atoms with van der Waals surface area (Å²) in [6.07, 6.45) is 7.36. The van der Waals surface area contributed by atoms with Gasteiger partial charge in [-0.15, -0.1) is 0 Å². The van der Waals surface area contributed by atoms with Crippen LogP contribution in [0.4, 0.5) is 5.82 Å². The molecule has 3 amide bonds. The number of aromatic hydroxyl groups is 1. The molecule has 2 aromatic rings. The van der Waals surface area contributed by atoms with Gasteiger partial charge in [-0.2, -0.15) is 0 Å². The van der Waals surface area contributed by atoms with E-state index in [0.717, 1.165) is 18.4 Å². The number of anilines is 1. The summed E-state index contributed by atoms with van der Waals surface area (Å²) in [5.41, 5.74) is 0.726. The summed E-state index contributed by atoms with van der Waals surface area (Å²) in [4.78, 5) is 45.0. The number of imide groups is 1. The maximum atomic E-state index is 13.4. The van der Waals surface area contributed by atoms with Gasteiger partial charge in [-0.3, -0.25) is 19.3 Å². The van der Waals surface area contributed by atoms with Gasteiger partial charge >= 0.3 is 0 Å². The van der Waals surface area contributed by atoms with Crippen molar-refractivity contribution in [3.63, 3.8) is 0 Å². The van der Waals surface area contributed by atoms with Crippen LogP contribution in [-0.4, -0.2) is 32.7 Å². The minimum absolute atomic E-state index is 0.0503. The maximum Gasteiger partial charge on any atom is 0.234 e. The normalized spacial score (nSPS) is 27.3. The van der Waals surface area contributed by atoms with Crippen molar-refractivity contribution in [1.82, 2.24) is 9.88 Å². The van der Waals surface area contributed by atoms with E-state index < -0.39 is 11.9 Å². The molecule has 7 heteroatoms. The highest BCUT2D eigenvalue weighted by molar-refractivity contribution is 6.07. The van der Waals surface area contributed by atoms with Crippen LogP contribution in [0.15, 0.2) is 60.8 Å². The molecule has 2 bridgehead atoms. The Balaban J connectivity index is 1.45. The van der Waals surface area contributed by atoms with Crippen molar-refractivity contribution in [2.45, 2.75) is 25.3 Å². The summed E-state index contributed by atoms with van der Waals surface area (Å²) in [6, 6.07) is 11.4. The van der Waals surface area contributed by atoms with Gasteiger partial charge in [0.05, 0.1) is 24.3 Å². The summed E-state index contributed by atoms with van der Waals surface area (Å²) >= 11 is 0. The first-order valence-electron chi connectivity index (χ1n) is 10.6. The number of aromatic nitrogens is 1. The van der Waals surface area contributed by atoms with Crippen molar-refractivity contribution >= 4 is 23.5 Å². The van der Waals surface area contributed by atoms with E-state index in [1.807, 2.05) is 30.3 Å². The van der Waals surface area contributed by atoms with Crippen molar-refractivity contribution in [2.75, 3.05) is 5.32 Å². The van der Waals surface area contributed by atoms with Gasteiger partial charge < -0.3 is 10.4 Å². The van der Waals surface area contributed by atoms with E-state index in [2.05, 4.69) is 22.5 Å². The molecule has 0 spiro atoms. The molecule has 0 radical (unpaired) electrons. The third-order valence-electron chi connectivity index (χ3n) is 6.71. The minimum Gasteiger partial charge on any atom is -0.504 e. The average Bonchev–Trinajstić information content (AvgIpc) is 3.07. The second-order valence-corrected chi connectivity index (χ2v) is 8.44. The van der Waals surface area contributed by atoms with E-state index in [-0.39, 0.29) is 53.5 Å². The molecule has 2 fully saturated rings. The van der Waals surface area contributed by atoms with Crippen LogP contribution in [0.25, 0.3) is 0 Å². The predicted molar refractivity (Wildman–Crippen MR) is 113 cm³/mol. The molecule has 158 valence electrons. The summed E-state index contributed by atoms with van der Waals surface area (Å²) in [5, 5.41) is 12.5. The Bertz CT molecular complexity index is 1040. The molecule has 3 aliphatic carbocycles. The molecule has 2 N–H and O–H groups in total. The molecule has 1 saturated heterocycles. The maximum absolute atomic E-state index is 13.4. The highest BCUT2D eigenvalue weighted by Gasteiger charge is 2.58. The van der Waals surface area contributed by atoms with Crippen molar-refractivity contribution < 1.29 is 19.5 Å². The Labute approximate surface area is 179 Å². The number of likely N-dealkylation sites (tertiary alicyclic amines) is 1. The van der Waals surface area contributed by atoms with Crippen molar-refractivity contribution in [2.24, 2.45) is 23.7 Å². The number of carbonyl (C=O) groups is 3. The number of fused-ring (bicyclic) bond motifs is 1. The fourth-order valence-electron chi connectivity index (χ4n) is 5.29. The van der Waals surface area contributed by atoms with Gasteiger partial charge in [0.1, 0.15) is 0 Å². The number of hydrogen-bond donors (Lipinski definition) is 2. The molecule has 1 saturated carbocycles. The summed E-state index contributed by atoms with van der Waals surface area (Å²) in [6.45, 7) is 0. The highest BCUT2D eigenvalue weighted by Crippen LogP contribution is 2.51. The van der Waals surface area contributed by atoms with Crippen LogP contribution in [0.5, 0.6) is 5.75 Å². The van der Waals surface area contributed by atoms with E-state index in [0.29, 0.717) is 0 Å². The molecule has 1 aromatic carbocycles. The Hall–Kier alpha value is -3.48. The fourth-order valence-corrected chi connectivity index (χ4v) is 5.29. The zero-order valence-corrected chi connectivity index (χ0v) is 16.8. The number of rotatable bonds is 5. The van der Waals surface area contributed by atoms with Crippen LogP contribution >= 0.6 is 0 Å². The van der Waals surface area contributed by atoms with Crippen LogP contribution in [0, 0.1) is 23.7 Å². The summed E-state index contributed by atoms with van der Waals surface area (Å²) < 4.78 is 0. The van der Waals surface area contributed by atoms with Gasteiger partial charge in [0.2, 0.25) is 17.7 Å². The van der Waals surface area contributed by atoms with E-state index in [4.69, 9.17) is 0 Å². The zero-order chi connectivity index (χ0) is 21.5. The van der Waals surface area contributed by atoms with Crippen molar-refractivity contribution in [3.05, 3.63) is 66.4 Å². The zero-order valence-electron chi connectivity index (χ0n) is 16.8. The number of allylic oxidation sites excluding steroid dienone is 2. The first kappa shape index (κ1) is 19.5. The number of benzene rings is 1. The van der Waals surface area contributed by atoms with Crippen LogP contribution in [0.3, 0.4) is 0 Å². The van der Waals surface area contributed by atoms with Gasteiger partial charge in [0, 0.05) is 6.20 Å². The lowest BCUT2D eigenvalue weighted by atomic mass is 9.63. The molecule has 4 aliphatic rings. The first-order chi connectivity index (χ1) is 15.0. The smallest absolute Gasteiger partial charge is 0.234 e. The Kier molecular flexibility index (Phi) is 4.81. The van der Waals surface area contributed by atoms with Crippen molar-refractivity contribution in [1.29, 1.82) is 0 Å². The Morgan fingerprint density at radius 2 is 1.68 bits per heavy atom.